The first-order chi connectivity index (χ1) is 5.55. The second-order valence-electron chi connectivity index (χ2n) is 6.00. The molecule has 0 spiro atoms. The van der Waals surface area contributed by atoms with E-state index in [1.54, 1.807) is 0 Å². The van der Waals surface area contributed by atoms with Crippen molar-refractivity contribution in [1.82, 2.24) is 0 Å². The van der Waals surface area contributed by atoms with E-state index in [1.807, 2.05) is 41.5 Å². The number of hydrogen-bond donors (Lipinski definition) is 2. The zero-order chi connectivity index (χ0) is 10.9. The van der Waals surface area contributed by atoms with Gasteiger partial charge in [-0.2, -0.15) is 0 Å². The predicted molar refractivity (Wildman–Crippen MR) is 55.5 cm³/mol. The molecule has 0 amide bonds. The lowest BCUT2D eigenvalue weighted by atomic mass is 9.79. The maximum absolute atomic E-state index is 9.76. The van der Waals surface area contributed by atoms with Gasteiger partial charge in [-0.25, -0.2) is 0 Å². The molecule has 0 saturated carbocycles. The molecule has 0 aromatic heterocycles. The molecule has 0 rings (SSSR count). The Hall–Kier alpha value is -0.0800. The van der Waals surface area contributed by atoms with Gasteiger partial charge >= 0.3 is 0 Å². The highest BCUT2D eigenvalue weighted by molar-refractivity contribution is 4.81. The largest absolute Gasteiger partial charge is 0.392 e. The van der Waals surface area contributed by atoms with Gasteiger partial charge in [0.15, 0.2) is 0 Å². The molecule has 2 unspecified atom stereocenters. The van der Waals surface area contributed by atoms with Crippen molar-refractivity contribution in [3.63, 3.8) is 0 Å². The summed E-state index contributed by atoms with van der Waals surface area (Å²) in [6.45, 7) is 11.9. The first-order valence-electron chi connectivity index (χ1n) is 4.91. The van der Waals surface area contributed by atoms with Crippen molar-refractivity contribution in [2.75, 3.05) is 0 Å². The van der Waals surface area contributed by atoms with Gasteiger partial charge in [-0.1, -0.05) is 41.5 Å². The van der Waals surface area contributed by atoms with Gasteiger partial charge in [0.05, 0.1) is 12.2 Å². The van der Waals surface area contributed by atoms with Crippen LogP contribution in [0, 0.1) is 10.8 Å². The maximum atomic E-state index is 9.76. The summed E-state index contributed by atoms with van der Waals surface area (Å²) < 4.78 is 0. The second kappa shape index (κ2) is 3.97. The lowest BCUT2D eigenvalue weighted by molar-refractivity contribution is -0.0239. The Balaban J connectivity index is 4.15. The standard InChI is InChI=1S/C11H24O2/c1-10(2,3)8(12)7-9(13)11(4,5)6/h8-9,12-13H,7H2,1-6H3. The minimum absolute atomic E-state index is 0.147. The van der Waals surface area contributed by atoms with Crippen LogP contribution in [0.5, 0.6) is 0 Å². The average molecular weight is 188 g/mol. The first-order valence-corrected chi connectivity index (χ1v) is 4.91. The first kappa shape index (κ1) is 12.9. The number of hydrogen-bond acceptors (Lipinski definition) is 2. The Bertz CT molecular complexity index is 132. The van der Waals surface area contributed by atoms with E-state index in [-0.39, 0.29) is 10.8 Å². The minimum Gasteiger partial charge on any atom is -0.392 e. The van der Waals surface area contributed by atoms with E-state index < -0.39 is 12.2 Å². The van der Waals surface area contributed by atoms with Crippen LogP contribution in [0.15, 0.2) is 0 Å². The lowest BCUT2D eigenvalue weighted by Gasteiger charge is -2.32. The molecule has 0 radical (unpaired) electrons. The van der Waals surface area contributed by atoms with Crippen LogP contribution in [0.25, 0.3) is 0 Å². The van der Waals surface area contributed by atoms with Gasteiger partial charge in [-0.3, -0.25) is 0 Å². The highest BCUT2D eigenvalue weighted by Crippen LogP contribution is 2.28. The Morgan fingerprint density at radius 3 is 1.15 bits per heavy atom. The highest BCUT2D eigenvalue weighted by atomic mass is 16.3. The topological polar surface area (TPSA) is 40.5 Å². The molecular formula is C11H24O2. The van der Waals surface area contributed by atoms with E-state index >= 15 is 0 Å². The third kappa shape index (κ3) is 4.63. The number of aliphatic hydroxyl groups excluding tert-OH is 2. The van der Waals surface area contributed by atoms with Crippen LogP contribution in [0.3, 0.4) is 0 Å². The fraction of sp³-hybridized carbons (Fsp3) is 1.00. The van der Waals surface area contributed by atoms with E-state index in [0.29, 0.717) is 6.42 Å². The van der Waals surface area contributed by atoms with E-state index in [2.05, 4.69) is 0 Å². The minimum atomic E-state index is -0.443. The summed E-state index contributed by atoms with van der Waals surface area (Å²) in [5, 5.41) is 19.5. The summed E-state index contributed by atoms with van der Waals surface area (Å²) in [6.07, 6.45) is -0.434. The third-order valence-electron chi connectivity index (χ3n) is 2.45. The van der Waals surface area contributed by atoms with Gasteiger partial charge in [0.1, 0.15) is 0 Å². The Morgan fingerprint density at radius 1 is 0.769 bits per heavy atom. The molecule has 0 aliphatic heterocycles. The molecule has 2 heteroatoms. The molecule has 0 aromatic carbocycles. The van der Waals surface area contributed by atoms with Crippen LogP contribution >= 0.6 is 0 Å². The van der Waals surface area contributed by atoms with Crippen LogP contribution in [0.1, 0.15) is 48.0 Å². The molecule has 0 fully saturated rings. The van der Waals surface area contributed by atoms with Gasteiger partial charge in [0.2, 0.25) is 0 Å². The highest BCUT2D eigenvalue weighted by Gasteiger charge is 2.30. The molecule has 0 aromatic rings. The molecule has 80 valence electrons. The predicted octanol–water partition coefficient (Wildman–Crippen LogP) is 2.19. The fourth-order valence-corrected chi connectivity index (χ4v) is 0.919. The molecule has 2 atom stereocenters. The summed E-state index contributed by atoms with van der Waals surface area (Å²) in [5.74, 6) is 0. The van der Waals surface area contributed by atoms with Crippen molar-refractivity contribution in [3.8, 4) is 0 Å². The van der Waals surface area contributed by atoms with Crippen molar-refractivity contribution >= 4 is 0 Å². The van der Waals surface area contributed by atoms with Crippen LogP contribution < -0.4 is 0 Å². The van der Waals surface area contributed by atoms with Crippen molar-refractivity contribution in [2.45, 2.75) is 60.2 Å². The van der Waals surface area contributed by atoms with Crippen LogP contribution in [-0.2, 0) is 0 Å². The lowest BCUT2D eigenvalue weighted by Crippen LogP contribution is -2.35. The zero-order valence-corrected chi connectivity index (χ0v) is 9.76. The van der Waals surface area contributed by atoms with E-state index in [1.165, 1.54) is 0 Å². The molecule has 2 N–H and O–H groups in total. The second-order valence-corrected chi connectivity index (χ2v) is 6.00. The number of aliphatic hydroxyl groups is 2. The Kier molecular flexibility index (Phi) is 3.95. The van der Waals surface area contributed by atoms with Gasteiger partial charge < -0.3 is 10.2 Å². The quantitative estimate of drug-likeness (QED) is 0.697. The third-order valence-corrected chi connectivity index (χ3v) is 2.45. The Morgan fingerprint density at radius 2 is 1.00 bits per heavy atom. The van der Waals surface area contributed by atoms with Crippen LogP contribution in [-0.4, -0.2) is 22.4 Å². The zero-order valence-electron chi connectivity index (χ0n) is 9.76. The summed E-state index contributed by atoms with van der Waals surface area (Å²) >= 11 is 0. The smallest absolute Gasteiger partial charge is 0.0613 e. The summed E-state index contributed by atoms with van der Waals surface area (Å²) in [4.78, 5) is 0. The van der Waals surface area contributed by atoms with Gasteiger partial charge in [-0.05, 0) is 10.8 Å². The SMILES string of the molecule is CC(C)(C)C(O)CC(O)C(C)(C)C. The molecule has 0 saturated heterocycles. The Labute approximate surface area is 82.0 Å². The van der Waals surface area contributed by atoms with Crippen LogP contribution in [0.2, 0.25) is 0 Å². The van der Waals surface area contributed by atoms with E-state index in [0.717, 1.165) is 0 Å². The van der Waals surface area contributed by atoms with E-state index in [9.17, 15) is 10.2 Å². The molecule has 2 nitrogen and oxygen atoms in total. The molecule has 0 heterocycles. The monoisotopic (exact) mass is 188 g/mol. The summed E-state index contributed by atoms with van der Waals surface area (Å²) in [6, 6.07) is 0. The fourth-order valence-electron chi connectivity index (χ4n) is 0.919. The van der Waals surface area contributed by atoms with Gasteiger partial charge in [-0.15, -0.1) is 0 Å². The van der Waals surface area contributed by atoms with Crippen LogP contribution in [0.4, 0.5) is 0 Å². The average Bonchev–Trinajstić information content (AvgIpc) is 1.82. The van der Waals surface area contributed by atoms with Gasteiger partial charge in [0, 0.05) is 6.42 Å². The van der Waals surface area contributed by atoms with Crippen molar-refractivity contribution in [2.24, 2.45) is 10.8 Å². The summed E-state index contributed by atoms with van der Waals surface area (Å²) in [7, 11) is 0. The van der Waals surface area contributed by atoms with Crippen molar-refractivity contribution in [1.29, 1.82) is 0 Å². The van der Waals surface area contributed by atoms with E-state index in [4.69, 9.17) is 0 Å². The number of rotatable bonds is 2. The van der Waals surface area contributed by atoms with Crippen molar-refractivity contribution in [3.05, 3.63) is 0 Å². The molecule has 0 aliphatic carbocycles. The summed E-state index contributed by atoms with van der Waals surface area (Å²) in [5.41, 5.74) is -0.293. The molecule has 13 heavy (non-hydrogen) atoms. The molecule has 0 bridgehead atoms. The normalized spacial score (nSPS) is 18.5. The van der Waals surface area contributed by atoms with Crippen molar-refractivity contribution < 1.29 is 10.2 Å². The van der Waals surface area contributed by atoms with Gasteiger partial charge in [0.25, 0.3) is 0 Å². The molecular weight excluding hydrogens is 164 g/mol. The molecule has 0 aliphatic rings. The maximum Gasteiger partial charge on any atom is 0.0613 e.